The molecule has 3 aromatic rings. The van der Waals surface area contributed by atoms with E-state index in [0.717, 1.165) is 44.7 Å². The fraction of sp³-hybridized carbons (Fsp3) is 0.429. The van der Waals surface area contributed by atoms with Crippen molar-refractivity contribution in [2.24, 2.45) is 0 Å². The number of hydrogen-bond acceptors (Lipinski definition) is 3. The number of aromatic nitrogens is 3. The van der Waals surface area contributed by atoms with E-state index in [0.29, 0.717) is 11.7 Å². The van der Waals surface area contributed by atoms with Gasteiger partial charge in [0.25, 0.3) is 5.56 Å². The maximum atomic E-state index is 11.8. The van der Waals surface area contributed by atoms with Crippen LogP contribution in [0.3, 0.4) is 0 Å². The monoisotopic (exact) mass is 350 g/mol. The van der Waals surface area contributed by atoms with Crippen LogP contribution in [0.15, 0.2) is 41.3 Å². The first kappa shape index (κ1) is 17.0. The molecule has 4 rings (SSSR count). The number of rotatable bonds is 4. The highest BCUT2D eigenvalue weighted by Gasteiger charge is 2.23. The van der Waals surface area contributed by atoms with Gasteiger partial charge in [-0.05, 0) is 62.4 Å². The number of likely N-dealkylation sites (tertiary alicyclic amines) is 1. The molecular weight excluding hydrogens is 324 g/mol. The van der Waals surface area contributed by atoms with E-state index >= 15 is 0 Å². The zero-order valence-electron chi connectivity index (χ0n) is 15.5. The number of benzene rings is 1. The van der Waals surface area contributed by atoms with Gasteiger partial charge in [0.2, 0.25) is 0 Å². The molecule has 0 aliphatic carbocycles. The second-order valence-electron chi connectivity index (χ2n) is 7.32. The van der Waals surface area contributed by atoms with Gasteiger partial charge in [0.1, 0.15) is 5.82 Å². The molecule has 1 aliphatic rings. The molecule has 1 saturated heterocycles. The summed E-state index contributed by atoms with van der Waals surface area (Å²) in [4.78, 5) is 21.6. The van der Waals surface area contributed by atoms with Gasteiger partial charge in [-0.2, -0.15) is 0 Å². The highest BCUT2D eigenvalue weighted by Crippen LogP contribution is 2.27. The highest BCUT2D eigenvalue weighted by atomic mass is 16.1. The molecule has 136 valence electrons. The number of fused-ring (bicyclic) bond motifs is 1. The Kier molecular flexibility index (Phi) is 4.64. The molecule has 0 amide bonds. The van der Waals surface area contributed by atoms with Gasteiger partial charge in [0, 0.05) is 43.3 Å². The first-order valence-corrected chi connectivity index (χ1v) is 9.50. The summed E-state index contributed by atoms with van der Waals surface area (Å²) in [6.07, 6.45) is 4.41. The third-order valence-corrected chi connectivity index (χ3v) is 5.39. The van der Waals surface area contributed by atoms with Crippen LogP contribution >= 0.6 is 0 Å². The first-order valence-electron chi connectivity index (χ1n) is 9.50. The third kappa shape index (κ3) is 3.44. The van der Waals surface area contributed by atoms with E-state index in [2.05, 4.69) is 56.8 Å². The summed E-state index contributed by atoms with van der Waals surface area (Å²) < 4.78 is 2.27. The minimum Gasteiger partial charge on any atom is -0.348 e. The van der Waals surface area contributed by atoms with Gasteiger partial charge in [-0.15, -0.1) is 0 Å². The maximum absolute atomic E-state index is 11.8. The standard InChI is InChI=1S/C21H26N4O/c1-3-25-10-8-17-11-16(6-7-20(17)25)13-24-9-4-5-18(14-24)19-12-21(26)23-15(2)22-19/h6-8,10-12,18H,3-5,9,13-14H2,1-2H3,(H,22,23,26)/t18-/m0/s1. The molecule has 5 nitrogen and oxygen atoms in total. The van der Waals surface area contributed by atoms with Crippen molar-refractivity contribution in [3.05, 3.63) is 64.0 Å². The minimum absolute atomic E-state index is 0.0458. The molecule has 1 aromatic carbocycles. The molecule has 3 heterocycles. The fourth-order valence-electron chi connectivity index (χ4n) is 4.13. The lowest BCUT2D eigenvalue weighted by atomic mass is 9.94. The Morgan fingerprint density at radius 3 is 2.96 bits per heavy atom. The second-order valence-corrected chi connectivity index (χ2v) is 7.32. The van der Waals surface area contributed by atoms with Crippen LogP contribution in [0.4, 0.5) is 0 Å². The molecule has 1 atom stereocenters. The molecule has 0 radical (unpaired) electrons. The molecule has 5 heteroatoms. The van der Waals surface area contributed by atoms with Crippen LogP contribution in [-0.2, 0) is 13.1 Å². The Bertz CT molecular complexity index is 972. The van der Waals surface area contributed by atoms with Gasteiger partial charge in [0.05, 0.1) is 5.69 Å². The lowest BCUT2D eigenvalue weighted by Crippen LogP contribution is -2.34. The largest absolute Gasteiger partial charge is 0.348 e. The second kappa shape index (κ2) is 7.08. The lowest BCUT2D eigenvalue weighted by Gasteiger charge is -2.32. The molecular formula is C21H26N4O. The molecule has 0 spiro atoms. The summed E-state index contributed by atoms with van der Waals surface area (Å²) in [6.45, 7) is 8.04. The first-order chi connectivity index (χ1) is 12.6. The summed E-state index contributed by atoms with van der Waals surface area (Å²) in [7, 11) is 0. The van der Waals surface area contributed by atoms with Gasteiger partial charge >= 0.3 is 0 Å². The normalized spacial score (nSPS) is 18.5. The van der Waals surface area contributed by atoms with Crippen molar-refractivity contribution in [1.29, 1.82) is 0 Å². The van der Waals surface area contributed by atoms with E-state index < -0.39 is 0 Å². The molecule has 0 unspecified atom stereocenters. The molecule has 26 heavy (non-hydrogen) atoms. The van der Waals surface area contributed by atoms with Crippen LogP contribution in [0.5, 0.6) is 0 Å². The third-order valence-electron chi connectivity index (χ3n) is 5.39. The van der Waals surface area contributed by atoms with Crippen LogP contribution in [0, 0.1) is 6.92 Å². The number of nitrogens with one attached hydrogen (secondary N) is 1. The highest BCUT2D eigenvalue weighted by molar-refractivity contribution is 5.80. The van der Waals surface area contributed by atoms with E-state index in [-0.39, 0.29) is 5.56 Å². The van der Waals surface area contributed by atoms with E-state index in [1.807, 2.05) is 6.92 Å². The van der Waals surface area contributed by atoms with Crippen molar-refractivity contribution in [2.75, 3.05) is 13.1 Å². The minimum atomic E-state index is -0.0458. The molecule has 1 N–H and O–H groups in total. The number of nitrogens with zero attached hydrogens (tertiary/aromatic N) is 3. The van der Waals surface area contributed by atoms with Gasteiger partial charge in [-0.1, -0.05) is 6.07 Å². The number of hydrogen-bond donors (Lipinski definition) is 1. The number of aryl methyl sites for hydroxylation is 2. The zero-order chi connectivity index (χ0) is 18.1. The molecule has 1 aliphatic heterocycles. The number of aromatic amines is 1. The van der Waals surface area contributed by atoms with Crippen molar-refractivity contribution in [1.82, 2.24) is 19.4 Å². The average Bonchev–Trinajstić information content (AvgIpc) is 3.03. The Hall–Kier alpha value is -2.40. The topological polar surface area (TPSA) is 53.9 Å². The van der Waals surface area contributed by atoms with E-state index in [9.17, 15) is 4.79 Å². The van der Waals surface area contributed by atoms with Crippen molar-refractivity contribution >= 4 is 10.9 Å². The summed E-state index contributed by atoms with van der Waals surface area (Å²) in [6, 6.07) is 10.6. The average molecular weight is 350 g/mol. The fourth-order valence-corrected chi connectivity index (χ4v) is 4.13. The van der Waals surface area contributed by atoms with Crippen LogP contribution in [-0.4, -0.2) is 32.5 Å². The Balaban J connectivity index is 1.50. The SMILES string of the molecule is CCn1ccc2cc(CN3CCC[C@H](c4cc(=O)[nH]c(C)n4)C3)ccc21. The quantitative estimate of drug-likeness (QED) is 0.784. The Labute approximate surface area is 153 Å². The smallest absolute Gasteiger partial charge is 0.251 e. The maximum Gasteiger partial charge on any atom is 0.251 e. The van der Waals surface area contributed by atoms with E-state index in [1.54, 1.807) is 6.07 Å². The van der Waals surface area contributed by atoms with Crippen molar-refractivity contribution in [3.63, 3.8) is 0 Å². The van der Waals surface area contributed by atoms with E-state index in [1.165, 1.54) is 16.5 Å². The summed E-state index contributed by atoms with van der Waals surface area (Å²) in [5.74, 6) is 1.05. The van der Waals surface area contributed by atoms with Crippen LogP contribution in [0.25, 0.3) is 10.9 Å². The van der Waals surface area contributed by atoms with Crippen LogP contribution in [0.1, 0.15) is 42.8 Å². The molecule has 0 bridgehead atoms. The van der Waals surface area contributed by atoms with E-state index in [4.69, 9.17) is 0 Å². The number of H-pyrrole nitrogens is 1. The predicted octanol–water partition coefficient (Wildman–Crippen LogP) is 3.43. The summed E-state index contributed by atoms with van der Waals surface area (Å²) in [5.41, 5.74) is 3.54. The Morgan fingerprint density at radius 1 is 1.27 bits per heavy atom. The Morgan fingerprint density at radius 2 is 2.15 bits per heavy atom. The predicted molar refractivity (Wildman–Crippen MR) is 104 cm³/mol. The van der Waals surface area contributed by atoms with Crippen molar-refractivity contribution in [2.45, 2.75) is 45.7 Å². The molecule has 2 aromatic heterocycles. The van der Waals surface area contributed by atoms with Crippen LogP contribution in [0.2, 0.25) is 0 Å². The van der Waals surface area contributed by atoms with Crippen LogP contribution < -0.4 is 5.56 Å². The number of piperidine rings is 1. The summed E-state index contributed by atoms with van der Waals surface area (Å²) >= 11 is 0. The lowest BCUT2D eigenvalue weighted by molar-refractivity contribution is 0.198. The van der Waals surface area contributed by atoms with Crippen molar-refractivity contribution in [3.8, 4) is 0 Å². The zero-order valence-corrected chi connectivity index (χ0v) is 15.5. The van der Waals surface area contributed by atoms with Gasteiger partial charge < -0.3 is 9.55 Å². The summed E-state index contributed by atoms with van der Waals surface area (Å²) in [5, 5.41) is 1.31. The van der Waals surface area contributed by atoms with Gasteiger partial charge in [-0.3, -0.25) is 9.69 Å². The van der Waals surface area contributed by atoms with Gasteiger partial charge in [-0.25, -0.2) is 4.98 Å². The van der Waals surface area contributed by atoms with Gasteiger partial charge in [0.15, 0.2) is 0 Å². The molecule has 1 fully saturated rings. The van der Waals surface area contributed by atoms with Crippen molar-refractivity contribution < 1.29 is 0 Å². The molecule has 0 saturated carbocycles.